The molecule has 0 unspecified atom stereocenters. The molecule has 1 rings (SSSR count). The lowest BCUT2D eigenvalue weighted by Gasteiger charge is -2.15. The molecule has 90 valence electrons. The van der Waals surface area contributed by atoms with Crippen molar-refractivity contribution in [2.45, 2.75) is 33.9 Å². The zero-order valence-corrected chi connectivity index (χ0v) is 12.5. The van der Waals surface area contributed by atoms with Gasteiger partial charge >= 0.3 is 0 Å². The first kappa shape index (κ1) is 13.8. The van der Waals surface area contributed by atoms with Crippen LogP contribution in [-0.4, -0.2) is 8.07 Å². The van der Waals surface area contributed by atoms with Gasteiger partial charge in [-0.3, -0.25) is 0 Å². The van der Waals surface area contributed by atoms with Gasteiger partial charge in [0.05, 0.1) is 0 Å². The highest BCUT2D eigenvalue weighted by molar-refractivity contribution is 6.89. The van der Waals surface area contributed by atoms with E-state index in [1.807, 2.05) is 18.2 Å². The molecule has 0 aliphatic carbocycles. The van der Waals surface area contributed by atoms with Gasteiger partial charge in [-0.05, 0) is 17.5 Å². The van der Waals surface area contributed by atoms with Crippen LogP contribution in [-0.2, 0) is 0 Å². The number of hydrogen-bond donors (Lipinski definition) is 0. The average Bonchev–Trinajstić information content (AvgIpc) is 2.25. The molecule has 0 saturated carbocycles. The SMILES string of the molecule is CC(C)(C)/C=C/[Si](C)(C)C#Cc1ccccc1. The number of benzene rings is 1. The topological polar surface area (TPSA) is 0 Å². The summed E-state index contributed by atoms with van der Waals surface area (Å²) < 4.78 is 0. The summed E-state index contributed by atoms with van der Waals surface area (Å²) in [6.45, 7) is 11.2. The maximum absolute atomic E-state index is 3.45. The van der Waals surface area contributed by atoms with Gasteiger partial charge in [0.25, 0.3) is 0 Å². The van der Waals surface area contributed by atoms with Crippen LogP contribution in [0.5, 0.6) is 0 Å². The number of hydrogen-bond acceptors (Lipinski definition) is 0. The van der Waals surface area contributed by atoms with E-state index < -0.39 is 8.07 Å². The lowest BCUT2D eigenvalue weighted by molar-refractivity contribution is 0.545. The summed E-state index contributed by atoms with van der Waals surface area (Å²) in [6.07, 6.45) is 2.29. The molecule has 0 bridgehead atoms. The lowest BCUT2D eigenvalue weighted by Crippen LogP contribution is -2.21. The van der Waals surface area contributed by atoms with E-state index in [1.165, 1.54) is 0 Å². The predicted octanol–water partition coefficient (Wildman–Crippen LogP) is 4.43. The Morgan fingerprint density at radius 1 is 1.06 bits per heavy atom. The van der Waals surface area contributed by atoms with Gasteiger partial charge in [-0.1, -0.05) is 69.8 Å². The van der Waals surface area contributed by atoms with Gasteiger partial charge in [-0.25, -0.2) is 0 Å². The van der Waals surface area contributed by atoms with Crippen LogP contribution in [0, 0.1) is 16.9 Å². The summed E-state index contributed by atoms with van der Waals surface area (Å²) in [7, 11) is -1.54. The minimum atomic E-state index is -1.54. The maximum atomic E-state index is 3.45. The third-order valence-electron chi connectivity index (χ3n) is 2.30. The molecule has 1 aromatic carbocycles. The van der Waals surface area contributed by atoms with E-state index in [0.29, 0.717) is 0 Å². The smallest absolute Gasteiger partial charge is 0.121 e. The molecule has 0 saturated heterocycles. The summed E-state index contributed by atoms with van der Waals surface area (Å²) in [5, 5.41) is 0. The number of allylic oxidation sites excluding steroid dienone is 1. The molecule has 0 spiro atoms. The zero-order chi connectivity index (χ0) is 12.9. The van der Waals surface area contributed by atoms with Crippen LogP contribution >= 0.6 is 0 Å². The molecule has 0 atom stereocenters. The van der Waals surface area contributed by atoms with Crippen LogP contribution in [0.2, 0.25) is 13.1 Å². The molecule has 0 aliphatic rings. The molecule has 0 N–H and O–H groups in total. The fourth-order valence-electron chi connectivity index (χ4n) is 1.25. The summed E-state index contributed by atoms with van der Waals surface area (Å²) in [5.41, 5.74) is 7.14. The van der Waals surface area contributed by atoms with Crippen LogP contribution in [0.3, 0.4) is 0 Å². The second kappa shape index (κ2) is 5.38. The first-order valence-electron chi connectivity index (χ1n) is 6.07. The van der Waals surface area contributed by atoms with Gasteiger partial charge in [0.1, 0.15) is 0 Å². The minimum Gasteiger partial charge on any atom is -0.121 e. The van der Waals surface area contributed by atoms with Crippen LogP contribution in [0.15, 0.2) is 42.1 Å². The Hall–Kier alpha value is -1.26. The van der Waals surface area contributed by atoms with Gasteiger partial charge in [0, 0.05) is 5.56 Å². The van der Waals surface area contributed by atoms with Crippen LogP contribution in [0.1, 0.15) is 26.3 Å². The summed E-state index contributed by atoms with van der Waals surface area (Å²) in [4.78, 5) is 0. The van der Waals surface area contributed by atoms with Crippen molar-refractivity contribution in [1.82, 2.24) is 0 Å². The van der Waals surface area contributed by atoms with E-state index in [2.05, 4.69) is 69.2 Å². The van der Waals surface area contributed by atoms with Gasteiger partial charge in [0.15, 0.2) is 8.07 Å². The molecule has 17 heavy (non-hydrogen) atoms. The van der Waals surface area contributed by atoms with E-state index in [-0.39, 0.29) is 5.41 Å². The molecule has 0 heterocycles. The van der Waals surface area contributed by atoms with Gasteiger partial charge in [0.2, 0.25) is 0 Å². The van der Waals surface area contributed by atoms with Gasteiger partial charge in [-0.2, -0.15) is 0 Å². The molecule has 0 aromatic heterocycles. The molecule has 1 aromatic rings. The first-order chi connectivity index (χ1) is 7.79. The van der Waals surface area contributed by atoms with E-state index in [1.54, 1.807) is 0 Å². The fraction of sp³-hybridized carbons (Fsp3) is 0.375. The normalized spacial score (nSPS) is 12.3. The highest BCUT2D eigenvalue weighted by atomic mass is 28.3. The van der Waals surface area contributed by atoms with Crippen molar-refractivity contribution in [2.75, 3.05) is 0 Å². The van der Waals surface area contributed by atoms with Crippen LogP contribution in [0.4, 0.5) is 0 Å². The van der Waals surface area contributed by atoms with Crippen molar-refractivity contribution in [2.24, 2.45) is 5.41 Å². The minimum absolute atomic E-state index is 0.249. The second-order valence-corrected chi connectivity index (χ2v) is 10.1. The monoisotopic (exact) mass is 242 g/mol. The highest BCUT2D eigenvalue weighted by Gasteiger charge is 2.15. The Bertz CT molecular complexity index is 436. The Balaban J connectivity index is 2.81. The fourth-order valence-corrected chi connectivity index (χ4v) is 2.72. The van der Waals surface area contributed by atoms with E-state index >= 15 is 0 Å². The summed E-state index contributed by atoms with van der Waals surface area (Å²) in [6, 6.07) is 10.2. The Morgan fingerprint density at radius 3 is 2.18 bits per heavy atom. The van der Waals surface area contributed by atoms with Gasteiger partial charge in [-0.15, -0.1) is 5.54 Å². The van der Waals surface area contributed by atoms with Crippen molar-refractivity contribution < 1.29 is 0 Å². The molecule has 0 aliphatic heterocycles. The van der Waals surface area contributed by atoms with Crippen molar-refractivity contribution in [3.05, 3.63) is 47.7 Å². The Morgan fingerprint density at radius 2 is 1.65 bits per heavy atom. The third-order valence-corrected chi connectivity index (χ3v) is 4.07. The highest BCUT2D eigenvalue weighted by Crippen LogP contribution is 2.17. The van der Waals surface area contributed by atoms with E-state index in [4.69, 9.17) is 0 Å². The van der Waals surface area contributed by atoms with Gasteiger partial charge < -0.3 is 0 Å². The van der Waals surface area contributed by atoms with E-state index in [9.17, 15) is 0 Å². The summed E-state index contributed by atoms with van der Waals surface area (Å²) >= 11 is 0. The Labute approximate surface area is 107 Å². The summed E-state index contributed by atoms with van der Waals surface area (Å²) in [5.74, 6) is 3.28. The molecular formula is C16H22Si. The quantitative estimate of drug-likeness (QED) is 0.505. The molecule has 0 amide bonds. The maximum Gasteiger partial charge on any atom is 0.155 e. The van der Waals surface area contributed by atoms with Crippen LogP contribution in [0.25, 0.3) is 0 Å². The predicted molar refractivity (Wildman–Crippen MR) is 79.4 cm³/mol. The van der Waals surface area contributed by atoms with Crippen LogP contribution < -0.4 is 0 Å². The lowest BCUT2D eigenvalue weighted by atomic mass is 9.98. The largest absolute Gasteiger partial charge is 0.155 e. The standard InChI is InChI=1S/C16H22Si/c1-16(2,3)12-14-17(4,5)13-11-15-9-7-6-8-10-15/h6-10,12,14H,1-5H3/b14-12+. The van der Waals surface area contributed by atoms with Crippen molar-refractivity contribution in [3.8, 4) is 11.5 Å². The molecule has 0 nitrogen and oxygen atoms in total. The number of rotatable bonds is 1. The molecule has 0 radical (unpaired) electrons. The van der Waals surface area contributed by atoms with Crippen molar-refractivity contribution in [1.29, 1.82) is 0 Å². The molecule has 1 heteroatoms. The molecular weight excluding hydrogens is 220 g/mol. The van der Waals surface area contributed by atoms with Crippen molar-refractivity contribution >= 4 is 8.07 Å². The average molecular weight is 242 g/mol. The molecule has 0 fully saturated rings. The van der Waals surface area contributed by atoms with E-state index in [0.717, 1.165) is 5.56 Å². The van der Waals surface area contributed by atoms with Crippen molar-refractivity contribution in [3.63, 3.8) is 0 Å². The third kappa shape index (κ3) is 6.14. The second-order valence-electron chi connectivity index (χ2n) is 6.04. The Kier molecular flexibility index (Phi) is 4.37. The first-order valence-corrected chi connectivity index (χ1v) is 9.15. The zero-order valence-electron chi connectivity index (χ0n) is 11.5.